The zero-order valence-corrected chi connectivity index (χ0v) is 28.6. The molecule has 4 aromatic carbocycles. The standard InChI is InChI=1S/C37H45FO4Si2/c1-36(2,3)43(28-19-11-7-12-20-28,29-21-13-8-14-22-29)40-27-32-34(33(38)35(39)41-32)42-44(37(4,5)6,30-23-15-9-16-24-30)31-25-17-10-18-26-31/h7-26,32-35,39H,27H2,1-6H3/t32-,33+,34-,35?/m1/s1. The van der Waals surface area contributed by atoms with Crippen molar-refractivity contribution in [3.63, 3.8) is 0 Å². The van der Waals surface area contributed by atoms with Crippen LogP contribution < -0.4 is 20.7 Å². The molecule has 1 aliphatic rings. The minimum Gasteiger partial charge on any atom is -0.405 e. The van der Waals surface area contributed by atoms with Gasteiger partial charge in [-0.25, -0.2) is 4.39 Å². The average molecular weight is 629 g/mol. The smallest absolute Gasteiger partial charge is 0.261 e. The van der Waals surface area contributed by atoms with E-state index in [0.29, 0.717) is 0 Å². The number of ether oxygens (including phenoxy) is 1. The van der Waals surface area contributed by atoms with Gasteiger partial charge >= 0.3 is 0 Å². The van der Waals surface area contributed by atoms with Gasteiger partial charge in [-0.3, -0.25) is 0 Å². The second-order valence-corrected chi connectivity index (χ2v) is 22.3. The monoisotopic (exact) mass is 628 g/mol. The summed E-state index contributed by atoms with van der Waals surface area (Å²) in [7, 11) is -6.08. The minimum absolute atomic E-state index is 0.0770. The Labute approximate surface area is 264 Å². The van der Waals surface area contributed by atoms with E-state index in [-0.39, 0.29) is 16.7 Å². The van der Waals surface area contributed by atoms with Crippen LogP contribution in [0.1, 0.15) is 41.5 Å². The zero-order valence-electron chi connectivity index (χ0n) is 26.6. The maximum atomic E-state index is 16.2. The number of halogens is 1. The Kier molecular flexibility index (Phi) is 9.47. The molecule has 1 saturated heterocycles. The average Bonchev–Trinajstić information content (AvgIpc) is 3.28. The molecule has 0 spiro atoms. The Morgan fingerprint density at radius 3 is 1.30 bits per heavy atom. The lowest BCUT2D eigenvalue weighted by molar-refractivity contribution is -0.119. The van der Waals surface area contributed by atoms with Gasteiger partial charge < -0.3 is 18.7 Å². The molecule has 0 radical (unpaired) electrons. The maximum absolute atomic E-state index is 16.2. The Morgan fingerprint density at radius 1 is 0.614 bits per heavy atom. The molecule has 1 N–H and O–H groups in total. The van der Waals surface area contributed by atoms with Crippen molar-refractivity contribution >= 4 is 37.4 Å². The lowest BCUT2D eigenvalue weighted by Crippen LogP contribution is -2.69. The summed E-state index contributed by atoms with van der Waals surface area (Å²) in [5.74, 6) is 0. The van der Waals surface area contributed by atoms with Crippen LogP contribution in [0.15, 0.2) is 121 Å². The highest BCUT2D eigenvalue weighted by Gasteiger charge is 2.57. The molecule has 4 aromatic rings. The molecular formula is C37H45FO4Si2. The van der Waals surface area contributed by atoms with E-state index in [1.54, 1.807) is 0 Å². The van der Waals surface area contributed by atoms with E-state index >= 15 is 4.39 Å². The van der Waals surface area contributed by atoms with Gasteiger partial charge in [-0.1, -0.05) is 163 Å². The molecule has 0 saturated carbocycles. The molecule has 44 heavy (non-hydrogen) atoms. The molecule has 1 unspecified atom stereocenters. The van der Waals surface area contributed by atoms with Gasteiger partial charge in [0.15, 0.2) is 12.5 Å². The van der Waals surface area contributed by atoms with E-state index in [1.807, 2.05) is 72.8 Å². The van der Waals surface area contributed by atoms with Gasteiger partial charge in [-0.05, 0) is 30.8 Å². The first kappa shape index (κ1) is 32.5. The summed E-state index contributed by atoms with van der Waals surface area (Å²) in [6.45, 7) is 13.2. The van der Waals surface area contributed by atoms with Crippen LogP contribution in [-0.4, -0.2) is 53.0 Å². The fraction of sp³-hybridized carbons (Fsp3) is 0.351. The van der Waals surface area contributed by atoms with Crippen molar-refractivity contribution in [2.75, 3.05) is 6.61 Å². The van der Waals surface area contributed by atoms with E-state index < -0.39 is 41.3 Å². The van der Waals surface area contributed by atoms with E-state index in [2.05, 4.69) is 90.1 Å². The molecule has 0 amide bonds. The highest BCUT2D eigenvalue weighted by Crippen LogP contribution is 2.41. The largest absolute Gasteiger partial charge is 0.405 e. The fourth-order valence-corrected chi connectivity index (χ4v) is 16.1. The molecule has 5 rings (SSSR count). The highest BCUT2D eigenvalue weighted by molar-refractivity contribution is 7.00. The van der Waals surface area contributed by atoms with E-state index in [9.17, 15) is 5.11 Å². The maximum Gasteiger partial charge on any atom is 0.261 e. The first-order valence-electron chi connectivity index (χ1n) is 15.4. The van der Waals surface area contributed by atoms with Gasteiger partial charge in [0.2, 0.25) is 0 Å². The second kappa shape index (κ2) is 12.8. The lowest BCUT2D eigenvalue weighted by Gasteiger charge is -2.46. The summed E-state index contributed by atoms with van der Waals surface area (Å²) in [6, 6.07) is 41.0. The summed E-state index contributed by atoms with van der Waals surface area (Å²) in [4.78, 5) is 0. The summed E-state index contributed by atoms with van der Waals surface area (Å²) in [5.41, 5.74) is 0. The van der Waals surface area contributed by atoms with Crippen LogP contribution in [0.4, 0.5) is 4.39 Å². The third kappa shape index (κ3) is 5.89. The van der Waals surface area contributed by atoms with E-state index in [0.717, 1.165) is 20.7 Å². The van der Waals surface area contributed by atoms with Crippen LogP contribution in [0, 0.1) is 0 Å². The van der Waals surface area contributed by atoms with Crippen molar-refractivity contribution in [1.82, 2.24) is 0 Å². The number of aliphatic hydroxyl groups excluding tert-OH is 1. The first-order valence-corrected chi connectivity index (χ1v) is 19.2. The Hall–Kier alpha value is -2.92. The van der Waals surface area contributed by atoms with Crippen LogP contribution in [0.25, 0.3) is 0 Å². The topological polar surface area (TPSA) is 47.9 Å². The molecule has 4 atom stereocenters. The van der Waals surface area contributed by atoms with Crippen molar-refractivity contribution in [1.29, 1.82) is 0 Å². The normalized spacial score (nSPS) is 21.4. The van der Waals surface area contributed by atoms with Crippen LogP contribution in [0.5, 0.6) is 0 Å². The summed E-state index contributed by atoms with van der Waals surface area (Å²) in [6.07, 6.45) is -5.19. The van der Waals surface area contributed by atoms with Gasteiger partial charge in [0.05, 0.1) is 6.61 Å². The Morgan fingerprint density at radius 2 is 0.955 bits per heavy atom. The number of hydrogen-bond donors (Lipinski definition) is 1. The van der Waals surface area contributed by atoms with Crippen LogP contribution >= 0.6 is 0 Å². The van der Waals surface area contributed by atoms with Gasteiger partial charge in [0, 0.05) is 0 Å². The van der Waals surface area contributed by atoms with Crippen molar-refractivity contribution in [2.45, 2.75) is 76.3 Å². The third-order valence-corrected chi connectivity index (χ3v) is 18.9. The Bertz CT molecular complexity index is 1400. The van der Waals surface area contributed by atoms with Crippen molar-refractivity contribution in [3.8, 4) is 0 Å². The molecule has 4 nitrogen and oxygen atoms in total. The van der Waals surface area contributed by atoms with Gasteiger partial charge in [-0.2, -0.15) is 0 Å². The van der Waals surface area contributed by atoms with Crippen molar-refractivity contribution in [3.05, 3.63) is 121 Å². The van der Waals surface area contributed by atoms with Crippen LogP contribution in [-0.2, 0) is 13.6 Å². The van der Waals surface area contributed by atoms with E-state index in [4.69, 9.17) is 13.6 Å². The van der Waals surface area contributed by atoms with Gasteiger partial charge in [0.1, 0.15) is 12.2 Å². The van der Waals surface area contributed by atoms with Gasteiger partial charge in [-0.15, -0.1) is 0 Å². The zero-order chi connectivity index (χ0) is 31.6. The summed E-state index contributed by atoms with van der Waals surface area (Å²) >= 11 is 0. The van der Waals surface area contributed by atoms with Crippen molar-refractivity contribution < 1.29 is 23.1 Å². The molecule has 1 aliphatic heterocycles. The molecule has 1 heterocycles. The molecule has 232 valence electrons. The molecular weight excluding hydrogens is 584 g/mol. The molecule has 7 heteroatoms. The second-order valence-electron chi connectivity index (χ2n) is 13.7. The lowest BCUT2D eigenvalue weighted by atomic mass is 10.2. The minimum atomic E-state index is -3.14. The van der Waals surface area contributed by atoms with E-state index in [1.165, 1.54) is 0 Å². The van der Waals surface area contributed by atoms with Gasteiger partial charge in [0.25, 0.3) is 16.6 Å². The number of rotatable bonds is 9. The Balaban J connectivity index is 1.59. The molecule has 0 aromatic heterocycles. The molecule has 0 aliphatic carbocycles. The number of hydrogen-bond acceptors (Lipinski definition) is 4. The number of benzene rings is 4. The van der Waals surface area contributed by atoms with Crippen LogP contribution in [0.3, 0.4) is 0 Å². The number of aliphatic hydroxyl groups is 1. The molecule has 0 bridgehead atoms. The fourth-order valence-electron chi connectivity index (χ4n) is 6.84. The van der Waals surface area contributed by atoms with Crippen molar-refractivity contribution in [2.24, 2.45) is 0 Å². The molecule has 1 fully saturated rings. The predicted octanol–water partition coefficient (Wildman–Crippen LogP) is 5.56. The third-order valence-electron chi connectivity index (χ3n) is 8.88. The number of alkyl halides is 1. The highest BCUT2D eigenvalue weighted by atomic mass is 28.4. The first-order chi connectivity index (χ1) is 20.9. The quantitative estimate of drug-likeness (QED) is 0.247. The summed E-state index contributed by atoms with van der Waals surface area (Å²) < 4.78 is 36.5. The SMILES string of the molecule is CC(C)(C)[Si](OC[C@H]1OC(O)[C@@H](F)[C@@H]1O[Si](c1ccccc1)(c1ccccc1)C(C)(C)C)(c1ccccc1)c1ccccc1. The summed E-state index contributed by atoms with van der Waals surface area (Å²) in [5, 5.41) is 14.5. The van der Waals surface area contributed by atoms with Crippen LogP contribution in [0.2, 0.25) is 10.1 Å². The predicted molar refractivity (Wildman–Crippen MR) is 182 cm³/mol.